The van der Waals surface area contributed by atoms with Gasteiger partial charge >= 0.3 is 0 Å². The summed E-state index contributed by atoms with van der Waals surface area (Å²) in [6.07, 6.45) is 1.70. The third kappa shape index (κ3) is 6.24. The van der Waals surface area contributed by atoms with E-state index in [0.29, 0.717) is 13.1 Å². The van der Waals surface area contributed by atoms with Gasteiger partial charge in [-0.2, -0.15) is 0 Å². The van der Waals surface area contributed by atoms with E-state index in [2.05, 4.69) is 20.5 Å². The van der Waals surface area contributed by atoms with E-state index in [0.717, 1.165) is 23.0 Å². The highest BCUT2D eigenvalue weighted by molar-refractivity contribution is 14.0. The van der Waals surface area contributed by atoms with Crippen molar-refractivity contribution < 1.29 is 9.15 Å². The molecule has 0 fully saturated rings. The van der Waals surface area contributed by atoms with Gasteiger partial charge in [0.05, 0.1) is 19.4 Å². The Morgan fingerprint density at radius 2 is 1.96 bits per heavy atom. The van der Waals surface area contributed by atoms with Crippen LogP contribution in [0.4, 0.5) is 0 Å². The summed E-state index contributed by atoms with van der Waals surface area (Å²) in [6, 6.07) is 12.0. The minimum absolute atomic E-state index is 0. The average Bonchev–Trinajstić information content (AvgIpc) is 3.12. The van der Waals surface area contributed by atoms with Crippen molar-refractivity contribution in [1.29, 1.82) is 0 Å². The molecule has 0 radical (unpaired) electrons. The molecule has 0 bridgehead atoms. The monoisotopic (exact) mass is 458 g/mol. The number of benzene rings is 1. The number of guanidine groups is 1. The van der Waals surface area contributed by atoms with Gasteiger partial charge in [0.15, 0.2) is 5.96 Å². The number of hydrogen-bond acceptors (Lipinski definition) is 4. The molecule has 0 amide bonds. The third-order valence-electron chi connectivity index (χ3n) is 3.82. The molecule has 7 heteroatoms. The number of hydrogen-bond donors (Lipinski definition) is 2. The van der Waals surface area contributed by atoms with Crippen molar-refractivity contribution in [2.45, 2.75) is 12.6 Å². The number of para-hydroxylation sites is 1. The van der Waals surface area contributed by atoms with Crippen molar-refractivity contribution in [2.75, 3.05) is 34.8 Å². The fourth-order valence-corrected chi connectivity index (χ4v) is 2.46. The predicted octanol–water partition coefficient (Wildman–Crippen LogP) is 2.87. The van der Waals surface area contributed by atoms with Gasteiger partial charge < -0.3 is 19.8 Å². The normalized spacial score (nSPS) is 12.4. The molecular formula is C18H27IN4O2. The van der Waals surface area contributed by atoms with Crippen LogP contribution in [0.3, 0.4) is 0 Å². The van der Waals surface area contributed by atoms with Gasteiger partial charge in [0, 0.05) is 25.7 Å². The number of aliphatic imine (C=N–C) groups is 1. The van der Waals surface area contributed by atoms with Crippen LogP contribution in [0.2, 0.25) is 0 Å². The van der Waals surface area contributed by atoms with Gasteiger partial charge in [0.2, 0.25) is 0 Å². The molecule has 1 aromatic heterocycles. The van der Waals surface area contributed by atoms with Gasteiger partial charge in [-0.3, -0.25) is 9.89 Å². The lowest BCUT2D eigenvalue weighted by atomic mass is 10.2. The minimum atomic E-state index is 0. The summed E-state index contributed by atoms with van der Waals surface area (Å²) >= 11 is 0. The minimum Gasteiger partial charge on any atom is -0.496 e. The van der Waals surface area contributed by atoms with Crippen molar-refractivity contribution >= 4 is 29.9 Å². The van der Waals surface area contributed by atoms with Gasteiger partial charge in [-0.15, -0.1) is 24.0 Å². The van der Waals surface area contributed by atoms with E-state index < -0.39 is 0 Å². The zero-order valence-corrected chi connectivity index (χ0v) is 17.5. The van der Waals surface area contributed by atoms with E-state index in [-0.39, 0.29) is 30.0 Å². The van der Waals surface area contributed by atoms with Crippen molar-refractivity contribution in [1.82, 2.24) is 15.5 Å². The summed E-state index contributed by atoms with van der Waals surface area (Å²) in [5.41, 5.74) is 1.08. The van der Waals surface area contributed by atoms with Crippen LogP contribution in [0.15, 0.2) is 52.1 Å². The Balaban J connectivity index is 0.00000312. The number of halogens is 1. The fraction of sp³-hybridized carbons (Fsp3) is 0.389. The Hall–Kier alpha value is -1.74. The number of methoxy groups -OCH3 is 1. The third-order valence-corrected chi connectivity index (χ3v) is 3.82. The van der Waals surface area contributed by atoms with Gasteiger partial charge in [-0.1, -0.05) is 18.2 Å². The predicted molar refractivity (Wildman–Crippen MR) is 112 cm³/mol. The molecule has 2 N–H and O–H groups in total. The summed E-state index contributed by atoms with van der Waals surface area (Å²) in [7, 11) is 7.49. The number of furan rings is 1. The lowest BCUT2D eigenvalue weighted by Crippen LogP contribution is -2.41. The zero-order chi connectivity index (χ0) is 17.4. The first-order valence-corrected chi connectivity index (χ1v) is 7.92. The molecule has 0 aliphatic heterocycles. The van der Waals surface area contributed by atoms with Crippen LogP contribution in [0, 0.1) is 0 Å². The molecule has 0 aliphatic carbocycles. The van der Waals surface area contributed by atoms with E-state index in [4.69, 9.17) is 9.15 Å². The maximum absolute atomic E-state index is 5.52. The van der Waals surface area contributed by atoms with Crippen molar-refractivity contribution in [3.05, 3.63) is 54.0 Å². The van der Waals surface area contributed by atoms with Gasteiger partial charge in [0.25, 0.3) is 0 Å². The Labute approximate surface area is 166 Å². The fourth-order valence-electron chi connectivity index (χ4n) is 2.46. The summed E-state index contributed by atoms with van der Waals surface area (Å²) in [6.45, 7) is 1.32. The molecule has 6 nitrogen and oxygen atoms in total. The Morgan fingerprint density at radius 3 is 2.56 bits per heavy atom. The smallest absolute Gasteiger partial charge is 0.191 e. The Morgan fingerprint density at radius 1 is 1.20 bits per heavy atom. The highest BCUT2D eigenvalue weighted by Gasteiger charge is 2.17. The lowest BCUT2D eigenvalue weighted by molar-refractivity contribution is 0.258. The molecule has 1 atom stereocenters. The summed E-state index contributed by atoms with van der Waals surface area (Å²) in [5.74, 6) is 2.52. The molecule has 1 aromatic carbocycles. The SMILES string of the molecule is CN=C(NCc1ccccc1OC)NCC(c1ccco1)N(C)C.I. The highest BCUT2D eigenvalue weighted by Crippen LogP contribution is 2.18. The molecule has 1 heterocycles. The van der Waals surface area contributed by atoms with Crippen molar-refractivity contribution in [3.63, 3.8) is 0 Å². The molecule has 0 spiro atoms. The van der Waals surface area contributed by atoms with Gasteiger partial charge in [-0.05, 0) is 32.3 Å². The zero-order valence-electron chi connectivity index (χ0n) is 15.2. The summed E-state index contributed by atoms with van der Waals surface area (Å²) in [4.78, 5) is 6.39. The van der Waals surface area contributed by atoms with Gasteiger partial charge in [0.1, 0.15) is 11.5 Å². The molecule has 25 heavy (non-hydrogen) atoms. The summed E-state index contributed by atoms with van der Waals surface area (Å²) < 4.78 is 10.9. The van der Waals surface area contributed by atoms with Crippen LogP contribution in [0.25, 0.3) is 0 Å². The number of rotatable bonds is 7. The van der Waals surface area contributed by atoms with E-state index in [1.54, 1.807) is 20.4 Å². The second-order valence-electron chi connectivity index (χ2n) is 5.61. The average molecular weight is 458 g/mol. The maximum Gasteiger partial charge on any atom is 0.191 e. The van der Waals surface area contributed by atoms with E-state index >= 15 is 0 Å². The summed E-state index contributed by atoms with van der Waals surface area (Å²) in [5, 5.41) is 6.65. The largest absolute Gasteiger partial charge is 0.496 e. The Bertz CT molecular complexity index is 644. The maximum atomic E-state index is 5.52. The quantitative estimate of drug-likeness (QED) is 0.380. The first-order chi connectivity index (χ1) is 11.7. The second kappa shape index (κ2) is 11.0. The standard InChI is InChI=1S/C18H26N4O2.HI/c1-19-18(20-12-14-8-5-6-9-16(14)23-4)21-13-15(22(2)3)17-10-7-11-24-17;/h5-11,15H,12-13H2,1-4H3,(H2,19,20,21);1H. The van der Waals surface area contributed by atoms with Gasteiger partial charge in [-0.25, -0.2) is 0 Å². The highest BCUT2D eigenvalue weighted by atomic mass is 127. The van der Waals surface area contributed by atoms with Crippen LogP contribution in [-0.4, -0.2) is 45.7 Å². The van der Waals surface area contributed by atoms with Crippen LogP contribution in [0.5, 0.6) is 5.75 Å². The second-order valence-corrected chi connectivity index (χ2v) is 5.61. The molecule has 0 saturated carbocycles. The van der Waals surface area contributed by atoms with Crippen LogP contribution in [-0.2, 0) is 6.54 Å². The van der Waals surface area contributed by atoms with E-state index in [1.807, 2.05) is 50.5 Å². The molecule has 2 rings (SSSR count). The van der Waals surface area contributed by atoms with Crippen molar-refractivity contribution in [3.8, 4) is 5.75 Å². The molecule has 138 valence electrons. The van der Waals surface area contributed by atoms with E-state index in [9.17, 15) is 0 Å². The number of likely N-dealkylation sites (N-methyl/N-ethyl adjacent to an activating group) is 1. The topological polar surface area (TPSA) is 62.0 Å². The molecule has 1 unspecified atom stereocenters. The first kappa shape index (κ1) is 21.3. The van der Waals surface area contributed by atoms with Crippen LogP contribution >= 0.6 is 24.0 Å². The first-order valence-electron chi connectivity index (χ1n) is 7.92. The van der Waals surface area contributed by atoms with E-state index in [1.165, 1.54) is 0 Å². The molecule has 0 saturated heterocycles. The van der Waals surface area contributed by atoms with Crippen LogP contribution in [0.1, 0.15) is 17.4 Å². The number of ether oxygens (including phenoxy) is 1. The lowest BCUT2D eigenvalue weighted by Gasteiger charge is -2.23. The van der Waals surface area contributed by atoms with Crippen LogP contribution < -0.4 is 15.4 Å². The molecule has 0 aliphatic rings. The molecule has 2 aromatic rings. The number of nitrogens with zero attached hydrogens (tertiary/aromatic N) is 2. The van der Waals surface area contributed by atoms with Crippen molar-refractivity contribution in [2.24, 2.45) is 4.99 Å². The molecular weight excluding hydrogens is 431 g/mol. The Kier molecular flexibility index (Phi) is 9.36. The number of nitrogens with one attached hydrogen (secondary N) is 2.